The van der Waals surface area contributed by atoms with Gasteiger partial charge in [0.05, 0.1) is 6.17 Å². The Bertz CT molecular complexity index is 1550. The fraction of sp³-hybridized carbons (Fsp3) is 0.350. The van der Waals surface area contributed by atoms with E-state index in [-0.39, 0.29) is 6.17 Å². The number of rotatable bonds is 5. The Labute approximate surface area is 256 Å². The average molecular weight is 567 g/mol. The van der Waals surface area contributed by atoms with Gasteiger partial charge in [0.2, 0.25) is 0 Å². The summed E-state index contributed by atoms with van der Waals surface area (Å²) in [5.74, 6) is 3.34. The van der Waals surface area contributed by atoms with E-state index in [1.165, 1.54) is 46.6 Å². The summed E-state index contributed by atoms with van der Waals surface area (Å²) in [6.45, 7) is 0. The molecule has 0 aromatic heterocycles. The van der Waals surface area contributed by atoms with E-state index in [4.69, 9.17) is 4.74 Å². The molecule has 2 N–H and O–H groups in total. The van der Waals surface area contributed by atoms with Gasteiger partial charge in [-0.05, 0) is 103 Å². The number of ether oxygens (including phenoxy) is 1. The Balaban J connectivity index is 1.01. The van der Waals surface area contributed by atoms with Crippen molar-refractivity contribution in [2.24, 2.45) is 23.7 Å². The highest BCUT2D eigenvalue weighted by molar-refractivity contribution is 5.71. The fourth-order valence-corrected chi connectivity index (χ4v) is 8.04. The highest BCUT2D eigenvalue weighted by atomic mass is 16.5. The van der Waals surface area contributed by atoms with E-state index in [0.29, 0.717) is 35.8 Å². The summed E-state index contributed by atoms with van der Waals surface area (Å²) >= 11 is 0. The van der Waals surface area contributed by atoms with Crippen molar-refractivity contribution in [1.82, 2.24) is 10.6 Å². The zero-order chi connectivity index (χ0) is 28.6. The zero-order valence-corrected chi connectivity index (χ0v) is 24.9. The number of hydrogen-bond donors (Lipinski definition) is 2. The van der Waals surface area contributed by atoms with Gasteiger partial charge >= 0.3 is 0 Å². The summed E-state index contributed by atoms with van der Waals surface area (Å²) in [6.07, 6.45) is 32.4. The molecule has 0 spiro atoms. The molecule has 7 unspecified atom stereocenters. The molecule has 218 valence electrons. The van der Waals surface area contributed by atoms with Crippen LogP contribution in [0, 0.1) is 23.7 Å². The molecule has 2 aromatic rings. The lowest BCUT2D eigenvalue weighted by molar-refractivity contribution is 0.121. The van der Waals surface area contributed by atoms with Crippen LogP contribution < -0.4 is 10.6 Å². The van der Waals surface area contributed by atoms with Crippen molar-refractivity contribution in [1.29, 1.82) is 0 Å². The highest BCUT2D eigenvalue weighted by Gasteiger charge is 2.39. The van der Waals surface area contributed by atoms with Crippen molar-refractivity contribution in [3.63, 3.8) is 0 Å². The standard InChI is InChI=1S/C40H42N2O/c1-3-9-27(10-4-1)28-15-19-30(20-16-28)36-26-37(42-40(41-36)32-11-5-2-6-12-32)31-21-17-29(18-22-31)33-23-24-39-35(25-33)34-13-7-8-14-38(34)43-39/h1-5,7,9-11,13,15-17,19-21,23-24,26,29,31,33-34,37-38,40-42H,6,8,12,14,18,22,25H2. The second-order valence-electron chi connectivity index (χ2n) is 13.1. The van der Waals surface area contributed by atoms with Crippen molar-refractivity contribution >= 4 is 5.70 Å². The number of benzene rings is 2. The van der Waals surface area contributed by atoms with Gasteiger partial charge in [0.25, 0.3) is 0 Å². The summed E-state index contributed by atoms with van der Waals surface area (Å²) in [7, 11) is 0. The Morgan fingerprint density at radius 2 is 1.53 bits per heavy atom. The van der Waals surface area contributed by atoms with Crippen molar-refractivity contribution in [2.75, 3.05) is 0 Å². The first-order chi connectivity index (χ1) is 21.3. The molecule has 0 saturated carbocycles. The fourth-order valence-electron chi connectivity index (χ4n) is 8.04. The third kappa shape index (κ3) is 5.40. The molecule has 0 saturated heterocycles. The monoisotopic (exact) mass is 566 g/mol. The highest BCUT2D eigenvalue weighted by Crippen LogP contribution is 2.46. The molecule has 0 radical (unpaired) electrons. The smallest absolute Gasteiger partial charge is 0.119 e. The van der Waals surface area contributed by atoms with Crippen molar-refractivity contribution < 1.29 is 4.74 Å². The van der Waals surface area contributed by atoms with Gasteiger partial charge in [0, 0.05) is 17.7 Å². The molecule has 7 atom stereocenters. The average Bonchev–Trinajstić information content (AvgIpc) is 3.47. The summed E-state index contributed by atoms with van der Waals surface area (Å²) < 4.78 is 6.33. The lowest BCUT2D eigenvalue weighted by atomic mass is 9.73. The van der Waals surface area contributed by atoms with Crippen LogP contribution in [0.5, 0.6) is 0 Å². The summed E-state index contributed by atoms with van der Waals surface area (Å²) in [5, 5.41) is 7.86. The Kier molecular flexibility index (Phi) is 7.28. The van der Waals surface area contributed by atoms with E-state index in [9.17, 15) is 0 Å². The Morgan fingerprint density at radius 1 is 0.721 bits per heavy atom. The van der Waals surface area contributed by atoms with Crippen molar-refractivity contribution in [2.45, 2.75) is 63.3 Å². The minimum absolute atomic E-state index is 0.153. The van der Waals surface area contributed by atoms with Crippen LogP contribution in [-0.4, -0.2) is 18.3 Å². The second-order valence-corrected chi connectivity index (χ2v) is 13.1. The number of allylic oxidation sites excluding steroid dienone is 7. The third-order valence-corrected chi connectivity index (χ3v) is 10.5. The molecular weight excluding hydrogens is 524 g/mol. The third-order valence-electron chi connectivity index (χ3n) is 10.5. The SMILES string of the molecule is C1=CCCC(C2NC(c3ccc(-c4ccccc4)cc3)=CC(C3C=CC(C4C=CC5=C(C4)C4C=CCCC4O5)CC3)N2)=C1. The Hall–Kier alpha value is -3.82. The first-order valence-electron chi connectivity index (χ1n) is 16.5. The van der Waals surface area contributed by atoms with Gasteiger partial charge in [-0.1, -0.05) is 103 Å². The molecule has 2 heterocycles. The molecule has 0 bridgehead atoms. The van der Waals surface area contributed by atoms with Crippen LogP contribution in [0.3, 0.4) is 0 Å². The molecule has 0 amide bonds. The predicted molar refractivity (Wildman–Crippen MR) is 177 cm³/mol. The van der Waals surface area contributed by atoms with Gasteiger partial charge in [-0.3, -0.25) is 5.32 Å². The van der Waals surface area contributed by atoms with Crippen LogP contribution in [0.25, 0.3) is 16.8 Å². The molecule has 2 aliphatic heterocycles. The van der Waals surface area contributed by atoms with Crippen LogP contribution in [0.1, 0.15) is 50.5 Å². The van der Waals surface area contributed by atoms with E-state index in [0.717, 1.165) is 32.1 Å². The largest absolute Gasteiger partial charge is 0.490 e. The minimum atomic E-state index is 0.153. The first-order valence-corrected chi connectivity index (χ1v) is 16.5. The number of nitrogens with one attached hydrogen (secondary N) is 2. The molecule has 2 aromatic carbocycles. The van der Waals surface area contributed by atoms with Crippen LogP contribution in [0.4, 0.5) is 0 Å². The molecular formula is C40H42N2O. The molecule has 0 fully saturated rings. The lowest BCUT2D eigenvalue weighted by Crippen LogP contribution is -2.53. The van der Waals surface area contributed by atoms with Gasteiger partial charge in [0.1, 0.15) is 11.9 Å². The van der Waals surface area contributed by atoms with Crippen LogP contribution >= 0.6 is 0 Å². The normalized spacial score (nSPS) is 32.8. The topological polar surface area (TPSA) is 33.3 Å². The van der Waals surface area contributed by atoms with Crippen LogP contribution in [0.2, 0.25) is 0 Å². The molecule has 8 rings (SSSR count). The first kappa shape index (κ1) is 26.8. The van der Waals surface area contributed by atoms with Gasteiger partial charge < -0.3 is 10.1 Å². The maximum Gasteiger partial charge on any atom is 0.119 e. The van der Waals surface area contributed by atoms with Crippen molar-refractivity contribution in [3.05, 3.63) is 138 Å². The van der Waals surface area contributed by atoms with Gasteiger partial charge in [-0.15, -0.1) is 0 Å². The quantitative estimate of drug-likeness (QED) is 0.356. The van der Waals surface area contributed by atoms with Crippen molar-refractivity contribution in [3.8, 4) is 11.1 Å². The molecule has 43 heavy (non-hydrogen) atoms. The summed E-state index contributed by atoms with van der Waals surface area (Å²) in [5.41, 5.74) is 8.01. The van der Waals surface area contributed by atoms with Crippen LogP contribution in [0.15, 0.2) is 132 Å². The van der Waals surface area contributed by atoms with E-state index >= 15 is 0 Å². The molecule has 4 aliphatic carbocycles. The molecule has 3 nitrogen and oxygen atoms in total. The van der Waals surface area contributed by atoms with E-state index in [1.807, 2.05) is 0 Å². The lowest BCUT2D eigenvalue weighted by Gasteiger charge is -2.39. The second kappa shape index (κ2) is 11.7. The maximum atomic E-state index is 6.33. The zero-order valence-electron chi connectivity index (χ0n) is 24.9. The molecule has 3 heteroatoms. The minimum Gasteiger partial charge on any atom is -0.490 e. The number of hydrogen-bond acceptors (Lipinski definition) is 3. The van der Waals surface area contributed by atoms with E-state index < -0.39 is 0 Å². The summed E-state index contributed by atoms with van der Waals surface area (Å²) in [4.78, 5) is 0. The van der Waals surface area contributed by atoms with E-state index in [2.05, 4.69) is 126 Å². The Morgan fingerprint density at radius 3 is 2.35 bits per heavy atom. The van der Waals surface area contributed by atoms with Gasteiger partial charge in [-0.2, -0.15) is 0 Å². The van der Waals surface area contributed by atoms with Crippen LogP contribution in [-0.2, 0) is 4.74 Å². The molecule has 6 aliphatic rings. The van der Waals surface area contributed by atoms with E-state index in [1.54, 1.807) is 5.57 Å². The maximum absolute atomic E-state index is 6.33. The number of fused-ring (bicyclic) bond motifs is 2. The van der Waals surface area contributed by atoms with Gasteiger partial charge in [-0.25, -0.2) is 0 Å². The predicted octanol–water partition coefficient (Wildman–Crippen LogP) is 8.64. The summed E-state index contributed by atoms with van der Waals surface area (Å²) in [6, 6.07) is 20.0. The van der Waals surface area contributed by atoms with Gasteiger partial charge in [0.15, 0.2) is 0 Å².